The maximum atomic E-state index is 13.2. The molecule has 142 valence electrons. The largest absolute Gasteiger partial charge is 0.343 e. The van der Waals surface area contributed by atoms with E-state index in [1.807, 2.05) is 78.2 Å². The smallest absolute Gasteiger partial charge is 0.264 e. The van der Waals surface area contributed by atoms with Crippen molar-refractivity contribution in [3.63, 3.8) is 0 Å². The summed E-state index contributed by atoms with van der Waals surface area (Å²) >= 11 is 1.42. The van der Waals surface area contributed by atoms with Crippen molar-refractivity contribution in [3.05, 3.63) is 94.2 Å². The number of nitrogens with zero attached hydrogens (tertiary/aromatic N) is 1. The monoisotopic (exact) mass is 390 g/mol. The Kier molecular flexibility index (Phi) is 5.53. The molecular formula is C23H22N2O2S. The van der Waals surface area contributed by atoms with Crippen LogP contribution < -0.4 is 5.32 Å². The van der Waals surface area contributed by atoms with Crippen LogP contribution in [0.2, 0.25) is 0 Å². The molecule has 1 aliphatic rings. The first-order chi connectivity index (χ1) is 13.7. The minimum Gasteiger partial charge on any atom is -0.343 e. The molecule has 0 saturated carbocycles. The molecule has 5 heteroatoms. The zero-order chi connectivity index (χ0) is 19.3. The molecule has 1 saturated heterocycles. The molecule has 0 radical (unpaired) electrons. The highest BCUT2D eigenvalue weighted by Crippen LogP contribution is 2.26. The third kappa shape index (κ3) is 3.85. The van der Waals surface area contributed by atoms with Crippen LogP contribution in [0.1, 0.15) is 39.7 Å². The summed E-state index contributed by atoms with van der Waals surface area (Å²) < 4.78 is 0. The molecule has 0 bridgehead atoms. The van der Waals surface area contributed by atoms with Crippen molar-refractivity contribution in [2.75, 3.05) is 6.54 Å². The molecule has 0 aliphatic carbocycles. The number of benzene rings is 2. The standard InChI is InChI=1S/C23H22N2O2S/c26-22(19-13-7-15-25(19)23(27)20-14-8-16-28-20)24-21(17-9-3-1-4-10-17)18-11-5-2-6-12-18/h1-6,8-12,14,16,19,21H,7,13,15H2,(H,24,26). The molecule has 1 atom stereocenters. The van der Waals surface area contributed by atoms with Gasteiger partial charge in [-0.1, -0.05) is 66.7 Å². The fourth-order valence-electron chi connectivity index (χ4n) is 3.71. The fraction of sp³-hybridized carbons (Fsp3) is 0.217. The summed E-state index contributed by atoms with van der Waals surface area (Å²) in [6.45, 7) is 0.621. The second-order valence-corrected chi connectivity index (χ2v) is 7.84. The number of hydrogen-bond donors (Lipinski definition) is 1. The molecule has 1 N–H and O–H groups in total. The average molecular weight is 391 g/mol. The normalized spacial score (nSPS) is 16.3. The van der Waals surface area contributed by atoms with Crippen LogP contribution in [0.25, 0.3) is 0 Å². The first kappa shape index (κ1) is 18.4. The van der Waals surface area contributed by atoms with Crippen LogP contribution in [-0.2, 0) is 4.79 Å². The minimum atomic E-state index is -0.426. The van der Waals surface area contributed by atoms with Crippen LogP contribution in [0.3, 0.4) is 0 Å². The lowest BCUT2D eigenvalue weighted by Crippen LogP contribution is -2.46. The van der Waals surface area contributed by atoms with Gasteiger partial charge in [0.2, 0.25) is 5.91 Å². The van der Waals surface area contributed by atoms with E-state index in [-0.39, 0.29) is 17.9 Å². The number of amides is 2. The van der Waals surface area contributed by atoms with Gasteiger partial charge in [-0.2, -0.15) is 0 Å². The molecule has 3 aromatic rings. The summed E-state index contributed by atoms with van der Waals surface area (Å²) in [6, 6.07) is 22.9. The molecule has 1 aliphatic heterocycles. The number of carbonyl (C=O) groups is 2. The highest BCUT2D eigenvalue weighted by molar-refractivity contribution is 7.12. The minimum absolute atomic E-state index is 0.0522. The van der Waals surface area contributed by atoms with Crippen LogP contribution in [0, 0.1) is 0 Å². The van der Waals surface area contributed by atoms with Crippen LogP contribution in [0.4, 0.5) is 0 Å². The Balaban J connectivity index is 1.56. The Morgan fingerprint density at radius 2 is 1.57 bits per heavy atom. The van der Waals surface area contributed by atoms with Gasteiger partial charge in [0.1, 0.15) is 6.04 Å². The summed E-state index contributed by atoms with van der Waals surface area (Å²) in [6.07, 6.45) is 1.54. The van der Waals surface area contributed by atoms with Crippen molar-refractivity contribution >= 4 is 23.2 Å². The van der Waals surface area contributed by atoms with Crippen LogP contribution in [0.5, 0.6) is 0 Å². The first-order valence-electron chi connectivity index (χ1n) is 9.49. The molecular weight excluding hydrogens is 368 g/mol. The number of carbonyl (C=O) groups excluding carboxylic acids is 2. The average Bonchev–Trinajstić information content (AvgIpc) is 3.45. The van der Waals surface area contributed by atoms with Gasteiger partial charge in [0.05, 0.1) is 10.9 Å². The third-order valence-corrected chi connectivity index (χ3v) is 5.96. The molecule has 1 unspecified atom stereocenters. The SMILES string of the molecule is O=C(NC(c1ccccc1)c1ccccc1)C1CCCN1C(=O)c1cccs1. The lowest BCUT2D eigenvalue weighted by molar-refractivity contribution is -0.125. The third-order valence-electron chi connectivity index (χ3n) is 5.10. The Labute approximate surface area is 168 Å². The Bertz CT molecular complexity index is 886. The van der Waals surface area contributed by atoms with Gasteiger partial charge in [-0.15, -0.1) is 11.3 Å². The second-order valence-electron chi connectivity index (χ2n) is 6.90. The van der Waals surface area contributed by atoms with Crippen molar-refractivity contribution in [3.8, 4) is 0 Å². The van der Waals surface area contributed by atoms with Crippen LogP contribution >= 0.6 is 11.3 Å². The second kappa shape index (κ2) is 8.40. The van der Waals surface area contributed by atoms with Crippen molar-refractivity contribution < 1.29 is 9.59 Å². The number of likely N-dealkylation sites (tertiary alicyclic amines) is 1. The topological polar surface area (TPSA) is 49.4 Å². The maximum Gasteiger partial charge on any atom is 0.264 e. The van der Waals surface area contributed by atoms with E-state index in [1.165, 1.54) is 11.3 Å². The number of hydrogen-bond acceptors (Lipinski definition) is 3. The highest BCUT2D eigenvalue weighted by atomic mass is 32.1. The van der Waals surface area contributed by atoms with E-state index in [2.05, 4.69) is 5.32 Å². The molecule has 1 fully saturated rings. The van der Waals surface area contributed by atoms with Gasteiger partial charge in [0.15, 0.2) is 0 Å². The molecule has 4 nitrogen and oxygen atoms in total. The van der Waals surface area contributed by atoms with Gasteiger partial charge in [-0.05, 0) is 35.4 Å². The number of rotatable bonds is 5. The molecule has 4 rings (SSSR count). The summed E-state index contributed by atoms with van der Waals surface area (Å²) in [7, 11) is 0. The quantitative estimate of drug-likeness (QED) is 0.708. The predicted molar refractivity (Wildman–Crippen MR) is 111 cm³/mol. The highest BCUT2D eigenvalue weighted by Gasteiger charge is 2.35. The van der Waals surface area contributed by atoms with Crippen LogP contribution in [0.15, 0.2) is 78.2 Å². The van der Waals surface area contributed by atoms with Crippen molar-refractivity contribution in [1.82, 2.24) is 10.2 Å². The Morgan fingerprint density at radius 1 is 0.929 bits per heavy atom. The van der Waals surface area contributed by atoms with Crippen LogP contribution in [-0.4, -0.2) is 29.3 Å². The van der Waals surface area contributed by atoms with Gasteiger partial charge < -0.3 is 10.2 Å². The van der Waals surface area contributed by atoms with E-state index in [4.69, 9.17) is 0 Å². The lowest BCUT2D eigenvalue weighted by atomic mass is 9.98. The summed E-state index contributed by atoms with van der Waals surface area (Å²) in [5.41, 5.74) is 2.05. The van der Waals surface area contributed by atoms with E-state index in [0.29, 0.717) is 17.8 Å². The number of thiophene rings is 1. The zero-order valence-corrected chi connectivity index (χ0v) is 16.3. The molecule has 2 amide bonds. The van der Waals surface area contributed by atoms with Gasteiger partial charge in [0.25, 0.3) is 5.91 Å². The number of nitrogens with one attached hydrogen (secondary N) is 1. The van der Waals surface area contributed by atoms with Crippen molar-refractivity contribution in [1.29, 1.82) is 0 Å². The summed E-state index contributed by atoms with van der Waals surface area (Å²) in [4.78, 5) is 28.4. The lowest BCUT2D eigenvalue weighted by Gasteiger charge is -2.27. The van der Waals surface area contributed by atoms with Gasteiger partial charge >= 0.3 is 0 Å². The van der Waals surface area contributed by atoms with E-state index in [9.17, 15) is 9.59 Å². The van der Waals surface area contributed by atoms with Gasteiger partial charge in [0, 0.05) is 6.54 Å². The van der Waals surface area contributed by atoms with Gasteiger partial charge in [-0.3, -0.25) is 9.59 Å². The zero-order valence-electron chi connectivity index (χ0n) is 15.5. The fourth-order valence-corrected chi connectivity index (χ4v) is 4.39. The van der Waals surface area contributed by atoms with Crippen molar-refractivity contribution in [2.24, 2.45) is 0 Å². The van der Waals surface area contributed by atoms with E-state index in [0.717, 1.165) is 17.5 Å². The molecule has 2 heterocycles. The van der Waals surface area contributed by atoms with Crippen molar-refractivity contribution in [2.45, 2.75) is 24.9 Å². The van der Waals surface area contributed by atoms with Gasteiger partial charge in [-0.25, -0.2) is 0 Å². The first-order valence-corrected chi connectivity index (χ1v) is 10.4. The van der Waals surface area contributed by atoms with E-state index < -0.39 is 6.04 Å². The molecule has 28 heavy (non-hydrogen) atoms. The van der Waals surface area contributed by atoms with E-state index >= 15 is 0 Å². The molecule has 2 aromatic carbocycles. The summed E-state index contributed by atoms with van der Waals surface area (Å²) in [5.74, 6) is -0.149. The predicted octanol–water partition coefficient (Wildman–Crippen LogP) is 4.26. The molecule has 0 spiro atoms. The Hall–Kier alpha value is -2.92. The summed E-state index contributed by atoms with van der Waals surface area (Å²) in [5, 5.41) is 5.08. The Morgan fingerprint density at radius 3 is 2.14 bits per heavy atom. The van der Waals surface area contributed by atoms with E-state index in [1.54, 1.807) is 4.90 Å². The maximum absolute atomic E-state index is 13.2. The molecule has 1 aromatic heterocycles.